The molecule has 0 radical (unpaired) electrons. The van der Waals surface area contributed by atoms with Crippen LogP contribution in [0.25, 0.3) is 11.2 Å². The quantitative estimate of drug-likeness (QED) is 0.197. The molecule has 17 nitrogen and oxygen atoms in total. The summed E-state index contributed by atoms with van der Waals surface area (Å²) in [7, 11) is -4.95. The number of aliphatic hydroxyl groups excluding tert-OH is 2. The molecule has 0 bridgehead atoms. The lowest BCUT2D eigenvalue weighted by Crippen LogP contribution is -2.44. The standard InChI is InChI=1S/C21H26F2N9O8P/c22-7-2-31(17-12(7)16(24)26-5-27-17)11-1-8(34)10(39-11)4-38-41(36,37)15-13(23)9(3-33)40-20(15)32-6-28-14-18(32)29-21(25)30-19(14)35/h2,5-6,8-13,15,17,20,33-34H,1,3-4H2,(H,36,37)(H2,24,26,27)(H3,25,29,30,35)/t8-,9+,10+,11+,12?,13+,15+,17?,20+/m0/s1. The van der Waals surface area contributed by atoms with E-state index in [-0.39, 0.29) is 29.4 Å². The number of aromatic nitrogens is 4. The Morgan fingerprint density at radius 2 is 2.07 bits per heavy atom. The average molecular weight is 601 g/mol. The van der Waals surface area contributed by atoms with Gasteiger partial charge in [-0.15, -0.1) is 0 Å². The van der Waals surface area contributed by atoms with Crippen LogP contribution in [-0.4, -0.2) is 107 Å². The van der Waals surface area contributed by atoms with Gasteiger partial charge in [-0.1, -0.05) is 0 Å². The number of rotatable bonds is 7. The predicted octanol–water partition coefficient (Wildman–Crippen LogP) is -1.56. The van der Waals surface area contributed by atoms with Crippen LogP contribution in [0.3, 0.4) is 0 Å². The van der Waals surface area contributed by atoms with E-state index in [0.717, 1.165) is 17.1 Å². The highest BCUT2D eigenvalue weighted by atomic mass is 31.2. The second-order valence-corrected chi connectivity index (χ2v) is 11.9. The number of nitrogens with one attached hydrogen (secondary N) is 1. The highest BCUT2D eigenvalue weighted by Crippen LogP contribution is 2.58. The van der Waals surface area contributed by atoms with Gasteiger partial charge in [0.05, 0.1) is 25.6 Å². The minimum atomic E-state index is -4.95. The molecule has 6 heterocycles. The van der Waals surface area contributed by atoms with Crippen molar-refractivity contribution >= 4 is 36.9 Å². The van der Waals surface area contributed by atoms with E-state index in [1.807, 2.05) is 0 Å². The molecule has 2 fully saturated rings. The van der Waals surface area contributed by atoms with Crippen LogP contribution >= 0.6 is 7.60 Å². The molecule has 0 saturated carbocycles. The molecule has 2 aromatic heterocycles. The van der Waals surface area contributed by atoms with Crippen LogP contribution in [0.2, 0.25) is 0 Å². The Hall–Kier alpha value is -3.32. The SMILES string of the molecule is NC1=NC=NC2C1C(F)=CN2[C@H]1C[C@H](O)[C@@H](COP(=O)(O)[C@@H]2[C@H](F)[C@@H](CO)O[C@H]2n2cnc3c(=O)[nH]c(N)nc32)O1. The number of alkyl halides is 1. The molecule has 4 aliphatic heterocycles. The Morgan fingerprint density at radius 1 is 1.29 bits per heavy atom. The summed E-state index contributed by atoms with van der Waals surface area (Å²) in [6.45, 7) is -1.48. The van der Waals surface area contributed by atoms with Crippen LogP contribution in [0.1, 0.15) is 12.6 Å². The third-order valence-electron chi connectivity index (χ3n) is 7.45. The zero-order valence-electron chi connectivity index (χ0n) is 21.0. The summed E-state index contributed by atoms with van der Waals surface area (Å²) in [5, 5.41) is 20.2. The summed E-state index contributed by atoms with van der Waals surface area (Å²) in [5.41, 5.74) is 8.48. The second-order valence-electron chi connectivity index (χ2n) is 9.92. The first-order valence-corrected chi connectivity index (χ1v) is 14.1. The van der Waals surface area contributed by atoms with E-state index in [1.54, 1.807) is 0 Å². The van der Waals surface area contributed by atoms with Crippen LogP contribution in [-0.2, 0) is 18.6 Å². The molecule has 6 rings (SSSR count). The average Bonchev–Trinajstić information content (AvgIpc) is 3.66. The third kappa shape index (κ3) is 4.62. The van der Waals surface area contributed by atoms with Crippen molar-refractivity contribution in [2.24, 2.45) is 21.6 Å². The maximum absolute atomic E-state index is 15.4. The Morgan fingerprint density at radius 3 is 2.83 bits per heavy atom. The molecule has 4 aliphatic rings. The molecular formula is C21H26F2N9O8P. The summed E-state index contributed by atoms with van der Waals surface area (Å²) >= 11 is 0. The van der Waals surface area contributed by atoms with E-state index in [2.05, 4.69) is 24.9 Å². The van der Waals surface area contributed by atoms with Gasteiger partial charge in [0.1, 0.15) is 60.4 Å². The van der Waals surface area contributed by atoms with E-state index in [9.17, 15) is 28.9 Å². The minimum Gasteiger partial charge on any atom is -0.394 e. The largest absolute Gasteiger partial charge is 0.394 e. The second kappa shape index (κ2) is 10.2. The Labute approximate surface area is 228 Å². The number of aliphatic imine (C=N–C) groups is 2. The Kier molecular flexibility index (Phi) is 6.92. The van der Waals surface area contributed by atoms with E-state index >= 15 is 4.39 Å². The number of hydrogen-bond acceptors (Lipinski definition) is 14. The Bertz CT molecular complexity index is 1550. The number of amidine groups is 1. The number of halogens is 2. The van der Waals surface area contributed by atoms with Gasteiger partial charge in [-0.3, -0.25) is 18.9 Å². The van der Waals surface area contributed by atoms with Gasteiger partial charge in [0.15, 0.2) is 17.4 Å². The molecule has 3 unspecified atom stereocenters. The fourth-order valence-electron chi connectivity index (χ4n) is 5.44. The fourth-order valence-corrected chi connectivity index (χ4v) is 7.06. The number of nitrogens with two attached hydrogens (primary N) is 2. The number of imidazole rings is 1. The zero-order chi connectivity index (χ0) is 29.2. The molecular weight excluding hydrogens is 575 g/mol. The lowest BCUT2D eigenvalue weighted by Gasteiger charge is -2.31. The van der Waals surface area contributed by atoms with E-state index < -0.39 is 86.9 Å². The zero-order valence-corrected chi connectivity index (χ0v) is 21.9. The van der Waals surface area contributed by atoms with Gasteiger partial charge < -0.3 is 45.5 Å². The van der Waals surface area contributed by atoms with Crippen molar-refractivity contribution in [3.05, 3.63) is 28.7 Å². The molecule has 8 N–H and O–H groups in total. The minimum absolute atomic E-state index is 0.0283. The van der Waals surface area contributed by atoms with Gasteiger partial charge >= 0.3 is 7.60 Å². The summed E-state index contributed by atoms with van der Waals surface area (Å²) in [6.07, 6.45) is -5.93. The van der Waals surface area contributed by atoms with E-state index in [1.165, 1.54) is 11.2 Å². The van der Waals surface area contributed by atoms with Crippen molar-refractivity contribution in [1.82, 2.24) is 24.4 Å². The monoisotopic (exact) mass is 601 g/mol. The molecule has 2 saturated heterocycles. The molecule has 222 valence electrons. The normalized spacial score (nSPS) is 36.4. The number of fused-ring (bicyclic) bond motifs is 2. The smallest absolute Gasteiger partial charge is 0.338 e. The van der Waals surface area contributed by atoms with Crippen LogP contribution in [0.4, 0.5) is 14.7 Å². The van der Waals surface area contributed by atoms with Crippen LogP contribution < -0.4 is 17.0 Å². The third-order valence-corrected chi connectivity index (χ3v) is 9.26. The molecule has 0 amide bonds. The predicted molar refractivity (Wildman–Crippen MR) is 136 cm³/mol. The molecule has 2 aromatic rings. The summed E-state index contributed by atoms with van der Waals surface area (Å²) in [5.74, 6) is -1.75. The van der Waals surface area contributed by atoms with Crippen LogP contribution in [0.15, 0.2) is 33.1 Å². The van der Waals surface area contributed by atoms with Crippen molar-refractivity contribution < 1.29 is 42.4 Å². The topological polar surface area (TPSA) is 249 Å². The molecule has 0 aliphatic carbocycles. The highest BCUT2D eigenvalue weighted by Gasteiger charge is 2.56. The lowest BCUT2D eigenvalue weighted by atomic mass is 10.1. The maximum atomic E-state index is 15.4. The maximum Gasteiger partial charge on any atom is 0.338 e. The first-order chi connectivity index (χ1) is 19.5. The van der Waals surface area contributed by atoms with Gasteiger partial charge in [-0.05, 0) is 0 Å². The summed E-state index contributed by atoms with van der Waals surface area (Å²) in [6, 6.07) is 0. The van der Waals surface area contributed by atoms with E-state index in [0.29, 0.717) is 0 Å². The van der Waals surface area contributed by atoms with Gasteiger partial charge in [0, 0.05) is 12.6 Å². The number of anilines is 1. The number of nitrogen functional groups attached to an aromatic ring is 1. The van der Waals surface area contributed by atoms with Gasteiger partial charge in [0.2, 0.25) is 5.95 Å². The molecule has 10 atom stereocenters. The molecule has 20 heteroatoms. The first-order valence-electron chi connectivity index (χ1n) is 12.4. The lowest BCUT2D eigenvalue weighted by molar-refractivity contribution is -0.0704. The number of hydrogen-bond donors (Lipinski definition) is 6. The van der Waals surface area contributed by atoms with E-state index in [4.69, 9.17) is 25.5 Å². The van der Waals surface area contributed by atoms with Crippen LogP contribution in [0, 0.1) is 5.92 Å². The van der Waals surface area contributed by atoms with Crippen molar-refractivity contribution in [3.8, 4) is 0 Å². The molecule has 0 spiro atoms. The highest BCUT2D eigenvalue weighted by molar-refractivity contribution is 7.53. The van der Waals surface area contributed by atoms with Crippen LogP contribution in [0.5, 0.6) is 0 Å². The molecule has 41 heavy (non-hydrogen) atoms. The van der Waals surface area contributed by atoms with Gasteiger partial charge in [-0.25, -0.2) is 23.7 Å². The van der Waals surface area contributed by atoms with Crippen molar-refractivity contribution in [1.29, 1.82) is 0 Å². The summed E-state index contributed by atoms with van der Waals surface area (Å²) < 4.78 is 61.1. The van der Waals surface area contributed by atoms with Gasteiger partial charge in [0.25, 0.3) is 5.56 Å². The first kappa shape index (κ1) is 27.8. The Balaban J connectivity index is 1.20. The number of H-pyrrole nitrogens is 1. The molecule has 0 aromatic carbocycles. The van der Waals surface area contributed by atoms with Crippen molar-refractivity contribution in [3.63, 3.8) is 0 Å². The summed E-state index contributed by atoms with van der Waals surface area (Å²) in [4.78, 5) is 42.6. The van der Waals surface area contributed by atoms with Crippen molar-refractivity contribution in [2.45, 2.75) is 55.2 Å². The number of aromatic amines is 1. The van der Waals surface area contributed by atoms with Gasteiger partial charge in [-0.2, -0.15) is 4.98 Å². The number of nitrogens with zero attached hydrogens (tertiary/aromatic N) is 6. The number of aliphatic hydroxyl groups is 2. The number of ether oxygens (including phenoxy) is 2. The fraction of sp³-hybridized carbons (Fsp3) is 0.571. The van der Waals surface area contributed by atoms with Crippen molar-refractivity contribution in [2.75, 3.05) is 18.9 Å².